The van der Waals surface area contributed by atoms with Gasteiger partial charge in [0.1, 0.15) is 0 Å². The van der Waals surface area contributed by atoms with E-state index < -0.39 is 5.97 Å². The number of carbonyl (C=O) groups is 2. The van der Waals surface area contributed by atoms with Crippen LogP contribution in [-0.4, -0.2) is 22.7 Å². The van der Waals surface area contributed by atoms with E-state index in [2.05, 4.69) is 5.32 Å². The van der Waals surface area contributed by atoms with Gasteiger partial charge in [-0.1, -0.05) is 25.0 Å². The third-order valence-corrected chi connectivity index (χ3v) is 6.06. The third-order valence-electron chi connectivity index (χ3n) is 5.03. The summed E-state index contributed by atoms with van der Waals surface area (Å²) in [7, 11) is 0. The van der Waals surface area contributed by atoms with Crippen LogP contribution in [0, 0.1) is 11.3 Å². The summed E-state index contributed by atoms with van der Waals surface area (Å²) in [6, 6.07) is 7.88. The van der Waals surface area contributed by atoms with Crippen LogP contribution < -0.4 is 5.32 Å². The number of thioether (sulfide) groups is 1. The Hall–Kier alpha value is -1.49. The summed E-state index contributed by atoms with van der Waals surface area (Å²) in [4.78, 5) is 22.9. The Labute approximate surface area is 141 Å². The average Bonchev–Trinajstić information content (AvgIpc) is 3.02. The van der Waals surface area contributed by atoms with Crippen molar-refractivity contribution in [3.05, 3.63) is 29.8 Å². The summed E-state index contributed by atoms with van der Waals surface area (Å²) in [5, 5.41) is 11.7. The minimum atomic E-state index is -0.760. The molecule has 2 saturated carbocycles. The zero-order chi connectivity index (χ0) is 16.3. The number of carboxylic acid groups (broad SMARTS) is 1. The van der Waals surface area contributed by atoms with Crippen LogP contribution in [0.1, 0.15) is 44.1 Å². The zero-order valence-electron chi connectivity index (χ0n) is 13.2. The Morgan fingerprint density at radius 3 is 2.83 bits per heavy atom. The predicted octanol–water partition coefficient (Wildman–Crippen LogP) is 3.91. The van der Waals surface area contributed by atoms with E-state index in [0.717, 1.165) is 23.4 Å². The maximum Gasteiger partial charge on any atom is 0.304 e. The molecule has 1 aromatic carbocycles. The van der Waals surface area contributed by atoms with Gasteiger partial charge in [-0.05, 0) is 42.4 Å². The number of anilines is 1. The fourth-order valence-corrected chi connectivity index (χ4v) is 4.55. The molecule has 1 unspecified atom stereocenters. The third kappa shape index (κ3) is 4.08. The van der Waals surface area contributed by atoms with Gasteiger partial charge in [0.05, 0.1) is 6.42 Å². The molecule has 2 fully saturated rings. The molecule has 0 heterocycles. The summed E-state index contributed by atoms with van der Waals surface area (Å²) >= 11 is 1.60. The smallest absolute Gasteiger partial charge is 0.304 e. The second kappa shape index (κ2) is 6.95. The van der Waals surface area contributed by atoms with Gasteiger partial charge < -0.3 is 10.4 Å². The van der Waals surface area contributed by atoms with Crippen molar-refractivity contribution in [2.24, 2.45) is 11.3 Å². The molecule has 1 aromatic rings. The maximum absolute atomic E-state index is 12.4. The Morgan fingerprint density at radius 1 is 1.30 bits per heavy atom. The molecule has 1 atom stereocenters. The molecule has 2 aliphatic carbocycles. The molecule has 3 rings (SSSR count). The normalized spacial score (nSPS) is 21.3. The van der Waals surface area contributed by atoms with Crippen molar-refractivity contribution in [2.75, 3.05) is 11.1 Å². The van der Waals surface area contributed by atoms with Crippen LogP contribution in [0.5, 0.6) is 0 Å². The van der Waals surface area contributed by atoms with Gasteiger partial charge in [0, 0.05) is 23.1 Å². The summed E-state index contributed by atoms with van der Waals surface area (Å²) in [6.45, 7) is 0. The highest BCUT2D eigenvalue weighted by Gasteiger charge is 2.58. The largest absolute Gasteiger partial charge is 0.481 e. The summed E-state index contributed by atoms with van der Waals surface area (Å²) in [5.74, 6) is 0.992. The fraction of sp³-hybridized carbons (Fsp3) is 0.556. The number of carboxylic acids is 1. The van der Waals surface area contributed by atoms with Crippen LogP contribution >= 0.6 is 11.8 Å². The van der Waals surface area contributed by atoms with Gasteiger partial charge in [-0.25, -0.2) is 0 Å². The van der Waals surface area contributed by atoms with Crippen molar-refractivity contribution in [1.82, 2.24) is 0 Å². The van der Waals surface area contributed by atoms with Gasteiger partial charge in [-0.3, -0.25) is 9.59 Å². The summed E-state index contributed by atoms with van der Waals surface area (Å²) < 4.78 is 0. The standard InChI is InChI=1S/C18H23NO3S/c20-16(21)6-9-23-12-13-4-3-5-14(10-13)19-17(22)15-11-18(15)7-1-2-8-18/h3-5,10,15H,1-2,6-9,11-12H2,(H,19,22)(H,20,21). The van der Waals surface area contributed by atoms with E-state index in [1.165, 1.54) is 25.7 Å². The lowest BCUT2D eigenvalue weighted by atomic mass is 10.0. The Kier molecular flexibility index (Phi) is 4.95. The minimum absolute atomic E-state index is 0.169. The van der Waals surface area contributed by atoms with Gasteiger partial charge in [-0.15, -0.1) is 0 Å². The molecule has 0 aromatic heterocycles. The predicted molar refractivity (Wildman–Crippen MR) is 92.5 cm³/mol. The Balaban J connectivity index is 1.49. The zero-order valence-corrected chi connectivity index (χ0v) is 14.0. The van der Waals surface area contributed by atoms with E-state index >= 15 is 0 Å². The fourth-order valence-electron chi connectivity index (χ4n) is 3.67. The lowest BCUT2D eigenvalue weighted by Gasteiger charge is -2.10. The lowest BCUT2D eigenvalue weighted by molar-refractivity contribution is -0.136. The maximum atomic E-state index is 12.4. The van der Waals surface area contributed by atoms with E-state index in [4.69, 9.17) is 5.11 Å². The first kappa shape index (κ1) is 16.4. The first-order valence-electron chi connectivity index (χ1n) is 8.28. The summed E-state index contributed by atoms with van der Waals surface area (Å²) in [6.07, 6.45) is 6.21. The average molecular weight is 333 g/mol. The molecule has 0 saturated heterocycles. The van der Waals surface area contributed by atoms with Crippen molar-refractivity contribution in [1.29, 1.82) is 0 Å². The molecule has 2 aliphatic rings. The topological polar surface area (TPSA) is 66.4 Å². The quantitative estimate of drug-likeness (QED) is 0.742. The number of amides is 1. The van der Waals surface area contributed by atoms with Gasteiger partial charge >= 0.3 is 5.97 Å². The molecule has 1 spiro atoms. The molecule has 1 amide bonds. The van der Waals surface area contributed by atoms with E-state index in [1.54, 1.807) is 11.8 Å². The molecule has 124 valence electrons. The monoisotopic (exact) mass is 333 g/mol. The summed E-state index contributed by atoms with van der Waals surface area (Å²) in [5.41, 5.74) is 2.30. The van der Waals surface area contributed by atoms with Crippen LogP contribution in [0.25, 0.3) is 0 Å². The lowest BCUT2D eigenvalue weighted by Crippen LogP contribution is -2.17. The Morgan fingerprint density at radius 2 is 2.09 bits per heavy atom. The highest BCUT2D eigenvalue weighted by molar-refractivity contribution is 7.98. The highest BCUT2D eigenvalue weighted by atomic mass is 32.2. The van der Waals surface area contributed by atoms with Crippen molar-refractivity contribution in [3.8, 4) is 0 Å². The van der Waals surface area contributed by atoms with Gasteiger partial charge in [0.15, 0.2) is 0 Å². The number of hydrogen-bond acceptors (Lipinski definition) is 3. The second-order valence-electron chi connectivity index (χ2n) is 6.71. The van der Waals surface area contributed by atoms with Crippen LogP contribution in [0.3, 0.4) is 0 Å². The van der Waals surface area contributed by atoms with Crippen LogP contribution in [-0.2, 0) is 15.3 Å². The molecular weight excluding hydrogens is 310 g/mol. The molecule has 5 heteroatoms. The highest BCUT2D eigenvalue weighted by Crippen LogP contribution is 2.63. The number of nitrogens with one attached hydrogen (secondary N) is 1. The SMILES string of the molecule is O=C(O)CCSCc1cccc(NC(=O)C2CC23CCCC3)c1. The van der Waals surface area contributed by atoms with Crippen molar-refractivity contribution < 1.29 is 14.7 Å². The van der Waals surface area contributed by atoms with E-state index in [1.807, 2.05) is 24.3 Å². The van der Waals surface area contributed by atoms with Crippen LogP contribution in [0.15, 0.2) is 24.3 Å². The number of rotatable bonds is 7. The second-order valence-corrected chi connectivity index (χ2v) is 7.82. The van der Waals surface area contributed by atoms with E-state index in [9.17, 15) is 9.59 Å². The first-order chi connectivity index (χ1) is 11.1. The van der Waals surface area contributed by atoms with Crippen LogP contribution in [0.4, 0.5) is 5.69 Å². The number of carbonyl (C=O) groups excluding carboxylic acids is 1. The molecule has 0 aliphatic heterocycles. The van der Waals surface area contributed by atoms with Crippen LogP contribution in [0.2, 0.25) is 0 Å². The molecular formula is C18H23NO3S. The number of hydrogen-bond donors (Lipinski definition) is 2. The van der Waals surface area contributed by atoms with E-state index in [0.29, 0.717) is 11.2 Å². The van der Waals surface area contributed by atoms with E-state index in [-0.39, 0.29) is 18.2 Å². The Bertz CT molecular complexity index is 596. The van der Waals surface area contributed by atoms with Crippen molar-refractivity contribution in [2.45, 2.75) is 44.3 Å². The molecule has 2 N–H and O–H groups in total. The van der Waals surface area contributed by atoms with Gasteiger partial charge in [0.2, 0.25) is 5.91 Å². The number of benzene rings is 1. The first-order valence-corrected chi connectivity index (χ1v) is 9.44. The minimum Gasteiger partial charge on any atom is -0.481 e. The van der Waals surface area contributed by atoms with Crippen molar-refractivity contribution in [3.63, 3.8) is 0 Å². The molecule has 0 bridgehead atoms. The molecule has 0 radical (unpaired) electrons. The van der Waals surface area contributed by atoms with Crippen molar-refractivity contribution >= 4 is 29.3 Å². The van der Waals surface area contributed by atoms with Gasteiger partial charge in [-0.2, -0.15) is 11.8 Å². The molecule has 23 heavy (non-hydrogen) atoms. The van der Waals surface area contributed by atoms with Gasteiger partial charge in [0.25, 0.3) is 0 Å². The molecule has 4 nitrogen and oxygen atoms in total. The number of aliphatic carboxylic acids is 1.